The van der Waals surface area contributed by atoms with E-state index < -0.39 is 5.41 Å². The van der Waals surface area contributed by atoms with Crippen LogP contribution in [0.3, 0.4) is 0 Å². The van der Waals surface area contributed by atoms with Crippen molar-refractivity contribution in [1.29, 1.82) is 0 Å². The molecule has 0 saturated heterocycles. The van der Waals surface area contributed by atoms with Crippen molar-refractivity contribution in [3.63, 3.8) is 0 Å². The Kier molecular flexibility index (Phi) is 9.79. The first kappa shape index (κ1) is 44.1. The number of anilines is 3. The van der Waals surface area contributed by atoms with Crippen LogP contribution < -0.4 is 14.5 Å². The smallest absolute Gasteiger partial charge is 0.135 e. The van der Waals surface area contributed by atoms with Crippen molar-refractivity contribution in [1.82, 2.24) is 14.5 Å². The number of para-hydroxylation sites is 1. The summed E-state index contributed by atoms with van der Waals surface area (Å²) >= 11 is 0. The average molecular weight is 1050 g/mol. The first-order valence-electron chi connectivity index (χ1n) is 23.0. The first-order chi connectivity index (χ1) is 30.7. The maximum atomic E-state index is 6.90. The van der Waals surface area contributed by atoms with Crippen molar-refractivity contribution < 1.29 is 25.8 Å². The van der Waals surface area contributed by atoms with Crippen LogP contribution in [0.5, 0.6) is 11.5 Å². The van der Waals surface area contributed by atoms with Gasteiger partial charge >= 0.3 is 0 Å². The van der Waals surface area contributed by atoms with Gasteiger partial charge in [-0.05, 0) is 109 Å². The molecule has 1 aliphatic carbocycles. The van der Waals surface area contributed by atoms with E-state index >= 15 is 0 Å². The van der Waals surface area contributed by atoms with E-state index in [0.717, 1.165) is 33.4 Å². The monoisotopic (exact) mass is 1050 g/mol. The number of nitrogens with zero attached hydrogens (tertiary/aromatic N) is 5. The molecule has 3 aliphatic rings. The van der Waals surface area contributed by atoms with Gasteiger partial charge in [0.05, 0.1) is 5.52 Å². The molecule has 0 amide bonds. The maximum absolute atomic E-state index is 6.90. The number of aromatic nitrogens is 3. The Morgan fingerprint density at radius 1 is 0.606 bits per heavy atom. The van der Waals surface area contributed by atoms with Gasteiger partial charge in [0.25, 0.3) is 0 Å². The number of hydrogen-bond acceptors (Lipinski definition) is 5. The first-order valence-corrected chi connectivity index (χ1v) is 23.0. The minimum Gasteiger partial charge on any atom is -0.509 e. The second-order valence-corrected chi connectivity index (χ2v) is 22.6. The molecule has 0 bridgehead atoms. The zero-order valence-corrected chi connectivity index (χ0v) is 42.7. The summed E-state index contributed by atoms with van der Waals surface area (Å²) in [5, 5.41) is 0.987. The molecule has 0 fully saturated rings. The molecule has 7 heteroatoms. The minimum atomic E-state index is -0.671. The number of rotatable bonds is 3. The molecule has 338 valence electrons. The van der Waals surface area contributed by atoms with Crippen LogP contribution >= 0.6 is 0 Å². The molecule has 66 heavy (non-hydrogen) atoms. The van der Waals surface area contributed by atoms with Crippen LogP contribution in [-0.4, -0.2) is 21.6 Å². The zero-order chi connectivity index (χ0) is 45.7. The summed E-state index contributed by atoms with van der Waals surface area (Å²) in [5.41, 5.74) is 18.3. The van der Waals surface area contributed by atoms with Crippen LogP contribution in [0.15, 0.2) is 109 Å². The summed E-state index contributed by atoms with van der Waals surface area (Å²) in [5.74, 6) is 2.01. The molecule has 11 rings (SSSR count). The topological polar surface area (TPSA) is 46.4 Å². The summed E-state index contributed by atoms with van der Waals surface area (Å²) < 4.78 is 9.01. The Morgan fingerprint density at radius 2 is 1.23 bits per heavy atom. The Hall–Kier alpha value is -5.71. The van der Waals surface area contributed by atoms with Gasteiger partial charge in [-0.1, -0.05) is 142 Å². The standard InChI is InChI=1S/C59H58N5O.Pt/c1-55(2,3)35-28-40-41-29-36(56(4,5)6)31-45(58(10,11)12)52(41)59(51(40)44(30-35)57(7,8)9)42-25-23-38(33-49(42)63-34-62(13)47-19-16-18-43(59)54(47)63)65-37-22-24-39-48(32-37)64(50-21-14-15-26-60-50)46-20-17-27-61-53(39)46;/h14-31,34H,1-13H3;/q-3;. The predicted molar refractivity (Wildman–Crippen MR) is 268 cm³/mol. The number of hydrogen-bond donors (Lipinski definition) is 0. The van der Waals surface area contributed by atoms with Gasteiger partial charge < -0.3 is 19.1 Å². The fourth-order valence-corrected chi connectivity index (χ4v) is 10.9. The van der Waals surface area contributed by atoms with Crippen molar-refractivity contribution in [3.05, 3.63) is 173 Å². The van der Waals surface area contributed by atoms with E-state index in [0.29, 0.717) is 11.5 Å². The molecule has 0 radical (unpaired) electrons. The molecule has 0 unspecified atom stereocenters. The SMILES string of the molecule is CN1[CH-]N2c3[c-]c(Oc4[c-]c5c(cc4)c4ncccc4n5-c4ccccn4)ccc3C3(c4cccc1c42)c1c(cc(C(C)(C)C)cc1C(C)(C)C)-c1cc(C(C)(C)C)cc(C(C)(C)C)c13.[Pt]. The molecule has 3 aromatic heterocycles. The van der Waals surface area contributed by atoms with E-state index in [2.05, 4.69) is 190 Å². The van der Waals surface area contributed by atoms with Gasteiger partial charge in [-0.3, -0.25) is 4.98 Å². The van der Waals surface area contributed by atoms with Gasteiger partial charge in [-0.25, -0.2) is 4.98 Å². The van der Waals surface area contributed by atoms with Crippen LogP contribution in [0.2, 0.25) is 0 Å². The Morgan fingerprint density at radius 3 is 1.83 bits per heavy atom. The van der Waals surface area contributed by atoms with Gasteiger partial charge in [0.15, 0.2) is 0 Å². The Bertz CT molecular complexity index is 3200. The van der Waals surface area contributed by atoms with Gasteiger partial charge in [-0.2, -0.15) is 18.8 Å². The van der Waals surface area contributed by atoms with Crippen molar-refractivity contribution >= 4 is 39.0 Å². The molecular formula is C59H58N5OPt-3. The van der Waals surface area contributed by atoms with E-state index in [1.54, 1.807) is 0 Å². The van der Waals surface area contributed by atoms with Gasteiger partial charge in [0, 0.05) is 67.3 Å². The van der Waals surface area contributed by atoms with E-state index in [9.17, 15) is 0 Å². The van der Waals surface area contributed by atoms with Crippen LogP contribution in [0, 0.1) is 18.8 Å². The molecule has 6 nitrogen and oxygen atoms in total. The van der Waals surface area contributed by atoms with Crippen molar-refractivity contribution in [2.75, 3.05) is 16.8 Å². The zero-order valence-electron chi connectivity index (χ0n) is 40.4. The normalized spacial score (nSPS) is 14.9. The minimum absolute atomic E-state index is 0. The summed E-state index contributed by atoms with van der Waals surface area (Å²) in [6.45, 7) is 30.7. The van der Waals surface area contributed by atoms with E-state index in [4.69, 9.17) is 14.7 Å². The summed E-state index contributed by atoms with van der Waals surface area (Å²) in [6.07, 6.45) is 3.65. The summed E-state index contributed by atoms with van der Waals surface area (Å²) in [6, 6.07) is 43.2. The third kappa shape index (κ3) is 6.37. The van der Waals surface area contributed by atoms with Crippen LogP contribution in [-0.2, 0) is 48.1 Å². The number of ether oxygens (including phenoxy) is 1. The molecule has 1 spiro atoms. The molecule has 5 heterocycles. The van der Waals surface area contributed by atoms with Gasteiger partial charge in [-0.15, -0.1) is 29.8 Å². The fraction of sp³-hybridized carbons (Fsp3) is 0.305. The van der Waals surface area contributed by atoms with Crippen molar-refractivity contribution in [2.24, 2.45) is 0 Å². The number of fused-ring (bicyclic) bond motifs is 12. The molecule has 0 N–H and O–H groups in total. The van der Waals surface area contributed by atoms with Gasteiger partial charge in [0.2, 0.25) is 0 Å². The van der Waals surface area contributed by atoms with E-state index in [1.165, 1.54) is 67.0 Å². The summed E-state index contributed by atoms with van der Waals surface area (Å²) in [7, 11) is 2.16. The molecule has 0 saturated carbocycles. The van der Waals surface area contributed by atoms with Crippen LogP contribution in [0.25, 0.3) is 38.9 Å². The number of benzene rings is 5. The predicted octanol–water partition coefficient (Wildman–Crippen LogP) is 14.5. The largest absolute Gasteiger partial charge is 0.509 e. The Labute approximate surface area is 405 Å². The Balaban J connectivity index is 0.00000511. The maximum Gasteiger partial charge on any atom is 0.135 e. The fourth-order valence-electron chi connectivity index (χ4n) is 10.9. The van der Waals surface area contributed by atoms with Crippen LogP contribution in [0.4, 0.5) is 17.1 Å². The van der Waals surface area contributed by atoms with Gasteiger partial charge in [0.1, 0.15) is 5.82 Å². The van der Waals surface area contributed by atoms with Crippen molar-refractivity contribution in [2.45, 2.75) is 110 Å². The molecule has 2 aliphatic heterocycles. The molecule has 8 aromatic rings. The average Bonchev–Trinajstić information content (AvgIpc) is 3.87. The second-order valence-electron chi connectivity index (χ2n) is 22.6. The molecule has 0 atom stereocenters. The third-order valence-electron chi connectivity index (χ3n) is 14.0. The third-order valence-corrected chi connectivity index (χ3v) is 14.0. The van der Waals surface area contributed by atoms with E-state index in [-0.39, 0.29) is 42.7 Å². The number of pyridine rings is 2. The summed E-state index contributed by atoms with van der Waals surface area (Å²) in [4.78, 5) is 14.1. The van der Waals surface area contributed by atoms with E-state index in [1.807, 2.05) is 42.7 Å². The van der Waals surface area contributed by atoms with Crippen LogP contribution in [0.1, 0.15) is 128 Å². The second kappa shape index (κ2) is 14.6. The quantitative estimate of drug-likeness (QED) is 0.165. The molecular weight excluding hydrogens is 990 g/mol. The molecule has 5 aromatic carbocycles. The van der Waals surface area contributed by atoms with Crippen molar-refractivity contribution in [3.8, 4) is 28.4 Å².